The van der Waals surface area contributed by atoms with Crippen molar-refractivity contribution in [3.8, 4) is 0 Å². The van der Waals surface area contributed by atoms with Gasteiger partial charge in [-0.15, -0.1) is 10.2 Å². The number of hydrogen-bond acceptors (Lipinski definition) is 6. The van der Waals surface area contributed by atoms with E-state index in [-0.39, 0.29) is 17.2 Å². The molecule has 1 amide bonds. The number of fused-ring (bicyclic) bond motifs is 1. The van der Waals surface area contributed by atoms with Gasteiger partial charge < -0.3 is 10.2 Å². The molecule has 0 saturated carbocycles. The van der Waals surface area contributed by atoms with E-state index >= 15 is 0 Å². The third-order valence-corrected chi connectivity index (χ3v) is 6.87. The van der Waals surface area contributed by atoms with Gasteiger partial charge in [-0.05, 0) is 50.5 Å². The first kappa shape index (κ1) is 19.0. The zero-order valence-corrected chi connectivity index (χ0v) is 17.7. The summed E-state index contributed by atoms with van der Waals surface area (Å²) in [5, 5.41) is 12.3. The summed E-state index contributed by atoms with van der Waals surface area (Å²) >= 11 is 2.93. The van der Waals surface area contributed by atoms with Crippen molar-refractivity contribution in [1.29, 1.82) is 0 Å². The number of aromatic nitrogens is 2. The molecule has 7 heteroatoms. The number of carbonyl (C=O) groups is 1. The fourth-order valence-corrected chi connectivity index (χ4v) is 5.39. The lowest BCUT2D eigenvalue weighted by molar-refractivity contribution is -0.118. The quantitative estimate of drug-likeness (QED) is 0.597. The number of carbonyl (C=O) groups excluding carboxylic acids is 1. The first-order chi connectivity index (χ1) is 13.5. The lowest BCUT2D eigenvalue weighted by Gasteiger charge is -2.25. The van der Waals surface area contributed by atoms with Crippen LogP contribution in [-0.2, 0) is 11.2 Å². The van der Waals surface area contributed by atoms with Gasteiger partial charge in [-0.3, -0.25) is 4.79 Å². The van der Waals surface area contributed by atoms with Gasteiger partial charge in [-0.2, -0.15) is 0 Å². The Kier molecular flexibility index (Phi) is 5.37. The van der Waals surface area contributed by atoms with Gasteiger partial charge in [0, 0.05) is 17.4 Å². The molecule has 1 N–H and O–H groups in total. The Labute approximate surface area is 173 Å². The van der Waals surface area contributed by atoms with Crippen molar-refractivity contribution in [2.24, 2.45) is 0 Å². The summed E-state index contributed by atoms with van der Waals surface area (Å²) in [6.07, 6.45) is 0.905. The molecule has 0 spiro atoms. The maximum atomic E-state index is 13.1. The van der Waals surface area contributed by atoms with Crippen LogP contribution < -0.4 is 10.2 Å². The molecular weight excluding hydrogens is 388 g/mol. The van der Waals surface area contributed by atoms with E-state index in [0.717, 1.165) is 32.8 Å². The van der Waals surface area contributed by atoms with Gasteiger partial charge in [0.2, 0.25) is 11.0 Å². The SMILES string of the molecule is Cc1ccccc1Nc1nnc(S[C@@H](C)C(=O)N2c3ccccc3C[C@@H]2C)s1. The van der Waals surface area contributed by atoms with Crippen molar-refractivity contribution in [3.63, 3.8) is 0 Å². The van der Waals surface area contributed by atoms with Crippen LogP contribution >= 0.6 is 23.1 Å². The molecule has 1 aromatic heterocycles. The molecular formula is C21H22N4OS2. The van der Waals surface area contributed by atoms with Crippen LogP contribution in [0, 0.1) is 6.92 Å². The molecule has 0 saturated heterocycles. The molecule has 2 atom stereocenters. The molecule has 2 heterocycles. The Balaban J connectivity index is 1.44. The predicted octanol–water partition coefficient (Wildman–Crippen LogP) is 5.05. The third kappa shape index (κ3) is 3.77. The zero-order chi connectivity index (χ0) is 19.7. The van der Waals surface area contributed by atoms with Gasteiger partial charge in [0.15, 0.2) is 4.34 Å². The highest BCUT2D eigenvalue weighted by atomic mass is 32.2. The van der Waals surface area contributed by atoms with E-state index in [0.29, 0.717) is 0 Å². The van der Waals surface area contributed by atoms with Gasteiger partial charge in [-0.1, -0.05) is 59.5 Å². The van der Waals surface area contributed by atoms with E-state index in [9.17, 15) is 4.79 Å². The molecule has 0 aliphatic carbocycles. The van der Waals surface area contributed by atoms with Crippen LogP contribution in [0.5, 0.6) is 0 Å². The maximum Gasteiger partial charge on any atom is 0.240 e. The van der Waals surface area contributed by atoms with Crippen LogP contribution in [0.15, 0.2) is 52.9 Å². The van der Waals surface area contributed by atoms with Crippen molar-refractivity contribution < 1.29 is 4.79 Å². The molecule has 144 valence electrons. The highest BCUT2D eigenvalue weighted by Crippen LogP contribution is 2.36. The van der Waals surface area contributed by atoms with E-state index in [4.69, 9.17) is 0 Å². The number of anilines is 3. The summed E-state index contributed by atoms with van der Waals surface area (Å²) in [5.74, 6) is 0.117. The summed E-state index contributed by atoms with van der Waals surface area (Å²) in [7, 11) is 0. The van der Waals surface area contributed by atoms with Crippen molar-refractivity contribution in [1.82, 2.24) is 10.2 Å². The number of aryl methyl sites for hydroxylation is 1. The molecule has 28 heavy (non-hydrogen) atoms. The second-order valence-corrected chi connectivity index (χ2v) is 9.53. The molecule has 4 rings (SSSR count). The number of thioether (sulfide) groups is 1. The Bertz CT molecular complexity index is 1000. The molecule has 0 bridgehead atoms. The average Bonchev–Trinajstić information content (AvgIpc) is 3.26. The largest absolute Gasteiger partial charge is 0.330 e. The lowest BCUT2D eigenvalue weighted by atomic mass is 10.1. The van der Waals surface area contributed by atoms with Crippen LogP contribution in [0.3, 0.4) is 0 Å². The highest BCUT2D eigenvalue weighted by Gasteiger charge is 2.33. The van der Waals surface area contributed by atoms with Crippen molar-refractivity contribution in [3.05, 3.63) is 59.7 Å². The number of para-hydroxylation sites is 2. The summed E-state index contributed by atoms with van der Waals surface area (Å²) in [6, 6.07) is 16.4. The topological polar surface area (TPSA) is 58.1 Å². The van der Waals surface area contributed by atoms with Gasteiger partial charge in [0.05, 0.1) is 5.25 Å². The van der Waals surface area contributed by atoms with Crippen LogP contribution in [0.4, 0.5) is 16.5 Å². The van der Waals surface area contributed by atoms with Crippen LogP contribution in [0.25, 0.3) is 0 Å². The number of benzene rings is 2. The van der Waals surface area contributed by atoms with Gasteiger partial charge in [-0.25, -0.2) is 0 Å². The number of nitrogens with zero attached hydrogens (tertiary/aromatic N) is 3. The predicted molar refractivity (Wildman–Crippen MR) is 117 cm³/mol. The first-order valence-corrected chi connectivity index (χ1v) is 11.0. The molecule has 1 aliphatic rings. The van der Waals surface area contributed by atoms with E-state index < -0.39 is 0 Å². The minimum absolute atomic E-state index is 0.117. The zero-order valence-electron chi connectivity index (χ0n) is 16.0. The second kappa shape index (κ2) is 7.93. The van der Waals surface area contributed by atoms with Crippen LogP contribution in [0.2, 0.25) is 0 Å². The van der Waals surface area contributed by atoms with Crippen molar-refractivity contribution >= 4 is 45.5 Å². The van der Waals surface area contributed by atoms with E-state index in [2.05, 4.69) is 41.5 Å². The highest BCUT2D eigenvalue weighted by molar-refractivity contribution is 8.02. The normalized spacial score (nSPS) is 16.7. The first-order valence-electron chi connectivity index (χ1n) is 9.26. The maximum absolute atomic E-state index is 13.1. The smallest absolute Gasteiger partial charge is 0.240 e. The Morgan fingerprint density at radius 2 is 1.96 bits per heavy atom. The summed E-state index contributed by atoms with van der Waals surface area (Å²) in [4.78, 5) is 15.0. The number of hydrogen-bond donors (Lipinski definition) is 1. The molecule has 1 aliphatic heterocycles. The third-order valence-electron chi connectivity index (χ3n) is 4.86. The van der Waals surface area contributed by atoms with Crippen LogP contribution in [0.1, 0.15) is 25.0 Å². The Hall–Kier alpha value is -2.38. The van der Waals surface area contributed by atoms with Gasteiger partial charge in [0.25, 0.3) is 0 Å². The lowest BCUT2D eigenvalue weighted by Crippen LogP contribution is -2.40. The van der Waals surface area contributed by atoms with Crippen molar-refractivity contribution in [2.75, 3.05) is 10.2 Å². The molecule has 0 unspecified atom stereocenters. The summed E-state index contributed by atoms with van der Waals surface area (Å²) in [5.41, 5.74) is 4.44. The standard InChI is InChI=1S/C21H22N4OS2/c1-13-8-4-6-10-17(13)22-20-23-24-21(28-20)27-15(3)19(26)25-14(2)12-16-9-5-7-11-18(16)25/h4-11,14-15H,12H2,1-3H3,(H,22,23)/t14-,15-/m0/s1. The van der Waals surface area contributed by atoms with Crippen molar-refractivity contribution in [2.45, 2.75) is 42.8 Å². The number of amides is 1. The van der Waals surface area contributed by atoms with E-state index in [1.807, 2.05) is 48.2 Å². The number of rotatable bonds is 5. The fourth-order valence-electron chi connectivity index (χ4n) is 3.44. The number of nitrogens with one attached hydrogen (secondary N) is 1. The molecule has 0 radical (unpaired) electrons. The van der Waals surface area contributed by atoms with E-state index in [1.165, 1.54) is 28.7 Å². The molecule has 5 nitrogen and oxygen atoms in total. The molecule has 2 aromatic carbocycles. The fraction of sp³-hybridized carbons (Fsp3) is 0.286. The summed E-state index contributed by atoms with van der Waals surface area (Å²) in [6.45, 7) is 6.09. The summed E-state index contributed by atoms with van der Waals surface area (Å²) < 4.78 is 0.789. The monoisotopic (exact) mass is 410 g/mol. The molecule has 0 fully saturated rings. The van der Waals surface area contributed by atoms with E-state index in [1.54, 1.807) is 0 Å². The van der Waals surface area contributed by atoms with Gasteiger partial charge >= 0.3 is 0 Å². The minimum Gasteiger partial charge on any atom is -0.330 e. The minimum atomic E-state index is -0.229. The Morgan fingerprint density at radius 1 is 1.21 bits per heavy atom. The second-order valence-electron chi connectivity index (χ2n) is 6.96. The van der Waals surface area contributed by atoms with Gasteiger partial charge in [0.1, 0.15) is 0 Å². The molecule has 3 aromatic rings. The average molecular weight is 411 g/mol. The Morgan fingerprint density at radius 3 is 2.79 bits per heavy atom. The van der Waals surface area contributed by atoms with Crippen LogP contribution in [-0.4, -0.2) is 27.4 Å².